The van der Waals surface area contributed by atoms with Crippen molar-refractivity contribution >= 4 is 42.9 Å². The fourth-order valence-corrected chi connectivity index (χ4v) is 3.55. The smallest absolute Gasteiger partial charge is 0.262 e. The van der Waals surface area contributed by atoms with Crippen LogP contribution >= 0.6 is 33.9 Å². The van der Waals surface area contributed by atoms with Crippen molar-refractivity contribution in [2.45, 2.75) is 24.2 Å². The van der Waals surface area contributed by atoms with E-state index >= 15 is 0 Å². The Morgan fingerprint density at radius 1 is 1.30 bits per heavy atom. The van der Waals surface area contributed by atoms with E-state index in [-0.39, 0.29) is 26.1 Å². The Morgan fingerprint density at radius 2 is 1.95 bits per heavy atom. The summed E-state index contributed by atoms with van der Waals surface area (Å²) in [4.78, 5) is -0.253. The zero-order valence-corrected chi connectivity index (χ0v) is 13.3. The summed E-state index contributed by atoms with van der Waals surface area (Å²) in [6.45, 7) is 0.351. The average Bonchev–Trinajstić information content (AvgIpc) is 3.09. The fourth-order valence-electron chi connectivity index (χ4n) is 1.76. The standard InChI is InChI=1S/C12H10Cl3NO3S/c13-8-6-11(20(15,17)18)9(14)5-10(8)19-7-12(1-2-12)3-4-16/h5-6H,1-3,7H2. The van der Waals surface area contributed by atoms with Gasteiger partial charge in [0.25, 0.3) is 9.05 Å². The van der Waals surface area contributed by atoms with Gasteiger partial charge in [-0.1, -0.05) is 23.2 Å². The Kier molecular flexibility index (Phi) is 4.41. The molecule has 0 bridgehead atoms. The number of halogens is 3. The highest BCUT2D eigenvalue weighted by molar-refractivity contribution is 8.13. The lowest BCUT2D eigenvalue weighted by atomic mass is 10.1. The van der Waals surface area contributed by atoms with Crippen LogP contribution < -0.4 is 4.74 Å². The molecular weight excluding hydrogens is 345 g/mol. The van der Waals surface area contributed by atoms with Gasteiger partial charge in [0, 0.05) is 28.6 Å². The molecular formula is C12H10Cl3NO3S. The number of benzene rings is 1. The fraction of sp³-hybridized carbons (Fsp3) is 0.417. The molecule has 0 unspecified atom stereocenters. The van der Waals surface area contributed by atoms with E-state index in [1.54, 1.807) is 0 Å². The van der Waals surface area contributed by atoms with E-state index in [1.165, 1.54) is 6.07 Å². The van der Waals surface area contributed by atoms with Crippen LogP contribution in [-0.2, 0) is 9.05 Å². The second kappa shape index (κ2) is 5.61. The molecule has 0 spiro atoms. The summed E-state index contributed by atoms with van der Waals surface area (Å²) in [6.07, 6.45) is 2.28. The van der Waals surface area contributed by atoms with Crippen LogP contribution in [0.15, 0.2) is 17.0 Å². The average molecular weight is 355 g/mol. The highest BCUT2D eigenvalue weighted by Gasteiger charge is 2.43. The molecule has 0 aliphatic heterocycles. The molecule has 8 heteroatoms. The molecule has 1 aromatic carbocycles. The van der Waals surface area contributed by atoms with Crippen LogP contribution in [0.1, 0.15) is 19.3 Å². The summed E-state index contributed by atoms with van der Waals surface area (Å²) in [5.41, 5.74) is -0.109. The number of nitriles is 1. The van der Waals surface area contributed by atoms with Gasteiger partial charge in [-0.25, -0.2) is 8.42 Å². The molecule has 1 aliphatic carbocycles. The molecule has 0 radical (unpaired) electrons. The zero-order chi connectivity index (χ0) is 15.0. The van der Waals surface area contributed by atoms with Crippen molar-refractivity contribution in [2.75, 3.05) is 6.61 Å². The largest absolute Gasteiger partial charge is 0.491 e. The second-order valence-electron chi connectivity index (χ2n) is 4.77. The van der Waals surface area contributed by atoms with Crippen molar-refractivity contribution < 1.29 is 13.2 Å². The second-order valence-corrected chi connectivity index (χ2v) is 8.12. The first-order valence-corrected chi connectivity index (χ1v) is 8.77. The first kappa shape index (κ1) is 15.7. The van der Waals surface area contributed by atoms with Crippen LogP contribution in [0.5, 0.6) is 5.75 Å². The van der Waals surface area contributed by atoms with Gasteiger partial charge in [0.15, 0.2) is 0 Å². The van der Waals surface area contributed by atoms with Crippen molar-refractivity contribution in [1.82, 2.24) is 0 Å². The number of hydrogen-bond donors (Lipinski definition) is 0. The van der Waals surface area contributed by atoms with E-state index in [0.717, 1.165) is 18.9 Å². The Bertz CT molecular complexity index is 678. The Morgan fingerprint density at radius 3 is 2.45 bits per heavy atom. The minimum absolute atomic E-state index is 0.0514. The van der Waals surface area contributed by atoms with E-state index in [4.69, 9.17) is 43.9 Å². The van der Waals surface area contributed by atoms with Crippen LogP contribution in [0.2, 0.25) is 10.0 Å². The quantitative estimate of drug-likeness (QED) is 0.750. The van der Waals surface area contributed by atoms with Crippen LogP contribution in [0.3, 0.4) is 0 Å². The molecule has 0 saturated heterocycles. The van der Waals surface area contributed by atoms with Gasteiger partial charge >= 0.3 is 0 Å². The van der Waals surface area contributed by atoms with Crippen molar-refractivity contribution in [3.05, 3.63) is 22.2 Å². The summed E-state index contributed by atoms with van der Waals surface area (Å²) in [5.74, 6) is 0.282. The first-order chi connectivity index (χ1) is 9.27. The molecule has 2 rings (SSSR count). The molecule has 1 fully saturated rings. The zero-order valence-electron chi connectivity index (χ0n) is 10.2. The topological polar surface area (TPSA) is 67.2 Å². The third-order valence-corrected chi connectivity index (χ3v) is 5.28. The molecule has 0 amide bonds. The third kappa shape index (κ3) is 3.50. The van der Waals surface area contributed by atoms with E-state index in [1.807, 2.05) is 0 Å². The highest BCUT2D eigenvalue weighted by Crippen LogP contribution is 2.49. The SMILES string of the molecule is N#CCC1(COc2cc(Cl)c(S(=O)(=O)Cl)cc2Cl)CC1. The van der Waals surface area contributed by atoms with Crippen molar-refractivity contribution in [1.29, 1.82) is 5.26 Å². The molecule has 1 aromatic rings. The maximum Gasteiger partial charge on any atom is 0.262 e. The van der Waals surface area contributed by atoms with Gasteiger partial charge in [-0.05, 0) is 18.9 Å². The summed E-state index contributed by atoms with van der Waals surface area (Å²) in [6, 6.07) is 4.61. The van der Waals surface area contributed by atoms with E-state index in [9.17, 15) is 8.42 Å². The summed E-state index contributed by atoms with van der Waals surface area (Å²) in [7, 11) is 1.29. The highest BCUT2D eigenvalue weighted by atomic mass is 35.7. The molecule has 0 N–H and O–H groups in total. The molecule has 1 aliphatic rings. The number of ether oxygens (including phenoxy) is 1. The van der Waals surface area contributed by atoms with Crippen LogP contribution in [0.4, 0.5) is 0 Å². The maximum absolute atomic E-state index is 11.3. The first-order valence-electron chi connectivity index (χ1n) is 5.71. The van der Waals surface area contributed by atoms with Gasteiger partial charge in [-0.2, -0.15) is 5.26 Å². The molecule has 1 saturated carbocycles. The number of nitrogens with zero attached hydrogens (tertiary/aromatic N) is 1. The third-order valence-electron chi connectivity index (χ3n) is 3.19. The molecule has 4 nitrogen and oxygen atoms in total. The van der Waals surface area contributed by atoms with Crippen LogP contribution in [0.25, 0.3) is 0 Å². The Labute approximate surface area is 131 Å². The Balaban J connectivity index is 2.18. The predicted molar refractivity (Wildman–Crippen MR) is 76.9 cm³/mol. The van der Waals surface area contributed by atoms with Crippen LogP contribution in [0, 0.1) is 16.7 Å². The Hall–Kier alpha value is -0.670. The van der Waals surface area contributed by atoms with Crippen molar-refractivity contribution in [3.63, 3.8) is 0 Å². The maximum atomic E-state index is 11.3. The lowest BCUT2D eigenvalue weighted by Gasteiger charge is -2.14. The van der Waals surface area contributed by atoms with Gasteiger partial charge < -0.3 is 4.74 Å². The summed E-state index contributed by atoms with van der Waals surface area (Å²) in [5, 5.41) is 8.79. The molecule has 0 aromatic heterocycles. The van der Waals surface area contributed by atoms with Gasteiger partial charge in [-0.15, -0.1) is 0 Å². The normalized spacial score (nSPS) is 16.5. The minimum atomic E-state index is -3.96. The molecule has 20 heavy (non-hydrogen) atoms. The summed E-state index contributed by atoms with van der Waals surface area (Å²) < 4.78 is 28.1. The monoisotopic (exact) mass is 353 g/mol. The minimum Gasteiger partial charge on any atom is -0.491 e. The van der Waals surface area contributed by atoms with E-state index in [0.29, 0.717) is 13.0 Å². The lowest BCUT2D eigenvalue weighted by molar-refractivity contribution is 0.237. The molecule has 0 heterocycles. The van der Waals surface area contributed by atoms with Gasteiger partial charge in [-0.3, -0.25) is 0 Å². The number of hydrogen-bond acceptors (Lipinski definition) is 4. The van der Waals surface area contributed by atoms with E-state index < -0.39 is 9.05 Å². The molecule has 0 atom stereocenters. The molecule has 108 valence electrons. The van der Waals surface area contributed by atoms with Crippen molar-refractivity contribution in [3.8, 4) is 11.8 Å². The van der Waals surface area contributed by atoms with Gasteiger partial charge in [0.05, 0.1) is 22.7 Å². The van der Waals surface area contributed by atoms with Crippen LogP contribution in [-0.4, -0.2) is 15.0 Å². The summed E-state index contributed by atoms with van der Waals surface area (Å²) >= 11 is 11.8. The predicted octanol–water partition coefficient (Wildman–Crippen LogP) is 3.99. The van der Waals surface area contributed by atoms with E-state index in [2.05, 4.69) is 6.07 Å². The number of rotatable bonds is 5. The van der Waals surface area contributed by atoms with Crippen molar-refractivity contribution in [2.24, 2.45) is 5.41 Å². The lowest BCUT2D eigenvalue weighted by Crippen LogP contribution is -2.12. The van der Waals surface area contributed by atoms with Gasteiger partial charge in [0.1, 0.15) is 10.6 Å². The van der Waals surface area contributed by atoms with Gasteiger partial charge in [0.2, 0.25) is 0 Å².